The Morgan fingerprint density at radius 2 is 1.81 bits per heavy atom. The minimum atomic E-state index is -0.471. The van der Waals surface area contributed by atoms with Gasteiger partial charge in [0.25, 0.3) is 0 Å². The molecule has 0 atom stereocenters. The van der Waals surface area contributed by atoms with Crippen molar-refractivity contribution in [2.75, 3.05) is 27.6 Å². The zero-order valence-corrected chi connectivity index (χ0v) is 15.9. The highest BCUT2D eigenvalue weighted by atomic mass is 16.7. The summed E-state index contributed by atoms with van der Waals surface area (Å²) in [4.78, 5) is 11.9. The van der Waals surface area contributed by atoms with Crippen LogP contribution in [0.25, 0.3) is 0 Å². The Bertz CT molecular complexity index is 918. The number of hydrogen-bond donors (Lipinski definition) is 0. The Balaban J connectivity index is 1.90. The number of fused-ring (bicyclic) bond motifs is 1. The van der Waals surface area contributed by atoms with Crippen molar-refractivity contribution in [1.29, 1.82) is 0 Å². The molecule has 27 heavy (non-hydrogen) atoms. The first-order chi connectivity index (χ1) is 12.9. The quantitative estimate of drug-likeness (QED) is 0.471. The van der Waals surface area contributed by atoms with E-state index in [1.165, 1.54) is 19.8 Å². The fourth-order valence-electron chi connectivity index (χ4n) is 2.86. The molecule has 0 radical (unpaired) electrons. The smallest absolute Gasteiger partial charge is 0.341 e. The number of carbonyl (C=O) groups is 1. The number of carbonyl (C=O) groups excluding carboxylic acids is 1. The molecule has 0 bridgehead atoms. The predicted molar refractivity (Wildman–Crippen MR) is 101 cm³/mol. The van der Waals surface area contributed by atoms with E-state index in [1.54, 1.807) is 18.2 Å². The zero-order valence-electron chi connectivity index (χ0n) is 15.9. The highest BCUT2D eigenvalue weighted by Crippen LogP contribution is 2.38. The van der Waals surface area contributed by atoms with Crippen LogP contribution in [0, 0.1) is 11.8 Å². The summed E-state index contributed by atoms with van der Waals surface area (Å²) in [6, 6.07) is 11.1. The summed E-state index contributed by atoms with van der Waals surface area (Å²) < 4.78 is 20.9. The molecule has 5 heteroatoms. The van der Waals surface area contributed by atoms with Crippen molar-refractivity contribution < 1.29 is 23.7 Å². The molecule has 0 N–H and O–H groups in total. The second-order valence-corrected chi connectivity index (χ2v) is 6.89. The first-order valence-corrected chi connectivity index (χ1v) is 8.58. The molecule has 140 valence electrons. The molecule has 2 aromatic carbocycles. The third-order valence-corrected chi connectivity index (χ3v) is 4.37. The molecule has 0 aromatic heterocycles. The maximum Gasteiger partial charge on any atom is 0.341 e. The van der Waals surface area contributed by atoms with Gasteiger partial charge in [-0.05, 0) is 36.4 Å². The summed E-state index contributed by atoms with van der Waals surface area (Å²) in [7, 11) is 2.84. The number of ether oxygens (including phenoxy) is 4. The molecule has 0 aliphatic carbocycles. The van der Waals surface area contributed by atoms with E-state index < -0.39 is 5.97 Å². The summed E-state index contributed by atoms with van der Waals surface area (Å²) in [5, 5.41) is 0. The summed E-state index contributed by atoms with van der Waals surface area (Å²) in [5.41, 5.74) is 3.11. The van der Waals surface area contributed by atoms with Gasteiger partial charge in [0.05, 0.1) is 13.7 Å². The van der Waals surface area contributed by atoms with Crippen LogP contribution in [0.4, 0.5) is 0 Å². The maximum atomic E-state index is 11.9. The molecule has 3 rings (SSSR count). The van der Waals surface area contributed by atoms with Crippen molar-refractivity contribution in [2.45, 2.75) is 19.3 Å². The van der Waals surface area contributed by atoms with Crippen molar-refractivity contribution >= 4 is 5.97 Å². The summed E-state index contributed by atoms with van der Waals surface area (Å²) in [6.07, 6.45) is 0. The summed E-state index contributed by atoms with van der Waals surface area (Å²) >= 11 is 0. The SMILES string of the molecule is COCOc1cc(C#Cc2ccc3c(c2)C(C)(C)CO3)ccc1C(=O)OC. The Hall–Kier alpha value is -2.97. The number of benzene rings is 2. The monoisotopic (exact) mass is 366 g/mol. The average Bonchev–Trinajstić information content (AvgIpc) is 2.98. The van der Waals surface area contributed by atoms with Gasteiger partial charge in [0.15, 0.2) is 6.79 Å². The molecule has 1 aliphatic heterocycles. The Morgan fingerprint density at radius 3 is 2.52 bits per heavy atom. The van der Waals surface area contributed by atoms with Crippen LogP contribution in [-0.2, 0) is 14.9 Å². The molecule has 1 aliphatic rings. The summed E-state index contributed by atoms with van der Waals surface area (Å²) in [6.45, 7) is 5.01. The zero-order chi connectivity index (χ0) is 19.4. The van der Waals surface area contributed by atoms with Crippen LogP contribution in [0.15, 0.2) is 36.4 Å². The molecule has 5 nitrogen and oxygen atoms in total. The van der Waals surface area contributed by atoms with Crippen LogP contribution in [-0.4, -0.2) is 33.6 Å². The highest BCUT2D eigenvalue weighted by Gasteiger charge is 2.31. The lowest BCUT2D eigenvalue weighted by atomic mass is 9.86. The first kappa shape index (κ1) is 18.8. The molecular weight excluding hydrogens is 344 g/mol. The van der Waals surface area contributed by atoms with E-state index in [0.717, 1.165) is 16.9 Å². The fraction of sp³-hybridized carbons (Fsp3) is 0.318. The van der Waals surface area contributed by atoms with Gasteiger partial charge < -0.3 is 18.9 Å². The van der Waals surface area contributed by atoms with Crippen molar-refractivity contribution in [3.8, 4) is 23.3 Å². The average molecular weight is 366 g/mol. The normalized spacial score (nSPS) is 13.8. The molecule has 0 spiro atoms. The van der Waals surface area contributed by atoms with Gasteiger partial charge in [-0.15, -0.1) is 0 Å². The van der Waals surface area contributed by atoms with Crippen molar-refractivity contribution in [3.05, 3.63) is 58.7 Å². The molecule has 2 aromatic rings. The largest absolute Gasteiger partial charge is 0.492 e. The van der Waals surface area contributed by atoms with Crippen LogP contribution >= 0.6 is 0 Å². The van der Waals surface area contributed by atoms with Crippen molar-refractivity contribution in [3.63, 3.8) is 0 Å². The molecule has 0 saturated carbocycles. The Kier molecular flexibility index (Phi) is 5.38. The summed E-state index contributed by atoms with van der Waals surface area (Å²) in [5.74, 6) is 7.11. The topological polar surface area (TPSA) is 54.0 Å². The number of hydrogen-bond acceptors (Lipinski definition) is 5. The second-order valence-electron chi connectivity index (χ2n) is 6.89. The van der Waals surface area contributed by atoms with E-state index in [-0.39, 0.29) is 12.2 Å². The standard InChI is InChI=1S/C22H22O5/c1-22(2)13-26-19-10-8-15(11-18(19)22)5-6-16-7-9-17(21(23)25-4)20(12-16)27-14-24-3/h7-12H,13-14H2,1-4H3. The molecular formula is C22H22O5. The third-order valence-electron chi connectivity index (χ3n) is 4.37. The van der Waals surface area contributed by atoms with E-state index in [2.05, 4.69) is 31.8 Å². The van der Waals surface area contributed by atoms with Crippen LogP contribution in [0.1, 0.15) is 40.9 Å². The first-order valence-electron chi connectivity index (χ1n) is 8.58. The van der Waals surface area contributed by atoms with Gasteiger partial charge in [-0.1, -0.05) is 25.7 Å². The van der Waals surface area contributed by atoms with Crippen LogP contribution < -0.4 is 9.47 Å². The van der Waals surface area contributed by atoms with E-state index in [4.69, 9.17) is 18.9 Å². The molecule has 0 fully saturated rings. The van der Waals surface area contributed by atoms with Crippen molar-refractivity contribution in [2.24, 2.45) is 0 Å². The van der Waals surface area contributed by atoms with Gasteiger partial charge in [-0.25, -0.2) is 4.79 Å². The number of esters is 1. The number of rotatable bonds is 4. The fourth-order valence-corrected chi connectivity index (χ4v) is 2.86. The van der Waals surface area contributed by atoms with Crippen LogP contribution in [0.5, 0.6) is 11.5 Å². The van der Waals surface area contributed by atoms with E-state index >= 15 is 0 Å². The van der Waals surface area contributed by atoms with Gasteiger partial charge in [0.2, 0.25) is 0 Å². The molecule has 0 unspecified atom stereocenters. The lowest BCUT2D eigenvalue weighted by molar-refractivity contribution is 0.0465. The molecule has 1 heterocycles. The predicted octanol–water partition coefficient (Wildman–Crippen LogP) is 3.53. The van der Waals surface area contributed by atoms with Crippen LogP contribution in [0.2, 0.25) is 0 Å². The van der Waals surface area contributed by atoms with E-state index in [0.29, 0.717) is 17.9 Å². The van der Waals surface area contributed by atoms with Gasteiger partial charge in [-0.2, -0.15) is 0 Å². The Labute approximate surface area is 159 Å². The Morgan fingerprint density at radius 1 is 1.11 bits per heavy atom. The highest BCUT2D eigenvalue weighted by molar-refractivity contribution is 5.92. The molecule has 0 saturated heterocycles. The maximum absolute atomic E-state index is 11.9. The molecule has 0 amide bonds. The van der Waals surface area contributed by atoms with E-state index in [1.807, 2.05) is 12.1 Å². The minimum absolute atomic E-state index is 0.0175. The van der Waals surface area contributed by atoms with Crippen LogP contribution in [0.3, 0.4) is 0 Å². The van der Waals surface area contributed by atoms with Gasteiger partial charge in [0, 0.05) is 29.2 Å². The third kappa shape index (κ3) is 4.07. The number of methoxy groups -OCH3 is 2. The van der Waals surface area contributed by atoms with Gasteiger partial charge in [-0.3, -0.25) is 0 Å². The van der Waals surface area contributed by atoms with Crippen molar-refractivity contribution in [1.82, 2.24) is 0 Å². The van der Waals surface area contributed by atoms with Gasteiger partial charge >= 0.3 is 5.97 Å². The minimum Gasteiger partial charge on any atom is -0.492 e. The van der Waals surface area contributed by atoms with E-state index in [9.17, 15) is 4.79 Å². The second kappa shape index (κ2) is 7.73. The van der Waals surface area contributed by atoms with Gasteiger partial charge in [0.1, 0.15) is 17.1 Å². The lowest BCUT2D eigenvalue weighted by Crippen LogP contribution is -2.18. The lowest BCUT2D eigenvalue weighted by Gasteiger charge is -2.14.